The largest absolute Gasteiger partial charge is 0.490 e. The summed E-state index contributed by atoms with van der Waals surface area (Å²) in [5.74, 6) is 1.18. The molecule has 2 aliphatic rings. The number of para-hydroxylation sites is 1. The Morgan fingerprint density at radius 2 is 1.80 bits per heavy atom. The summed E-state index contributed by atoms with van der Waals surface area (Å²) in [7, 11) is -2.98. The topological polar surface area (TPSA) is 75.7 Å². The number of rotatable bonds is 3. The van der Waals surface area contributed by atoms with E-state index in [9.17, 15) is 13.2 Å². The lowest BCUT2D eigenvalue weighted by Gasteiger charge is -2.33. The molecular formula is C18H26N2O4S. The molecule has 25 heavy (non-hydrogen) atoms. The maximum absolute atomic E-state index is 12.3. The van der Waals surface area contributed by atoms with E-state index in [1.807, 2.05) is 32.0 Å². The van der Waals surface area contributed by atoms with E-state index in [0.717, 1.165) is 29.7 Å². The van der Waals surface area contributed by atoms with Gasteiger partial charge in [-0.15, -0.1) is 0 Å². The molecule has 2 heterocycles. The molecule has 2 amide bonds. The predicted octanol–water partition coefficient (Wildman–Crippen LogP) is 2.04. The second-order valence-corrected chi connectivity index (χ2v) is 9.30. The fraction of sp³-hybridized carbons (Fsp3) is 0.611. The lowest BCUT2D eigenvalue weighted by atomic mass is 10.1. The molecule has 3 rings (SSSR count). The van der Waals surface area contributed by atoms with Crippen LogP contribution < -0.4 is 10.1 Å². The number of nitrogens with zero attached hydrogens (tertiary/aromatic N) is 1. The molecule has 1 aromatic carbocycles. The zero-order chi connectivity index (χ0) is 18.0. The van der Waals surface area contributed by atoms with E-state index in [2.05, 4.69) is 5.32 Å². The van der Waals surface area contributed by atoms with Gasteiger partial charge in [0, 0.05) is 32.0 Å². The van der Waals surface area contributed by atoms with Crippen LogP contribution in [-0.4, -0.2) is 56.1 Å². The van der Waals surface area contributed by atoms with Gasteiger partial charge in [0.25, 0.3) is 0 Å². The zero-order valence-corrected chi connectivity index (χ0v) is 15.6. The van der Waals surface area contributed by atoms with Gasteiger partial charge in [-0.25, -0.2) is 13.2 Å². The van der Waals surface area contributed by atoms with Gasteiger partial charge < -0.3 is 15.0 Å². The van der Waals surface area contributed by atoms with Gasteiger partial charge >= 0.3 is 6.03 Å². The molecule has 0 radical (unpaired) electrons. The summed E-state index contributed by atoms with van der Waals surface area (Å²) in [6.45, 7) is 5.34. The highest BCUT2D eigenvalue weighted by molar-refractivity contribution is 7.91. The van der Waals surface area contributed by atoms with Gasteiger partial charge in [-0.1, -0.05) is 18.2 Å². The number of sulfone groups is 1. The summed E-state index contributed by atoms with van der Waals surface area (Å²) in [6, 6.07) is 5.70. The Bertz CT molecular complexity index is 719. The van der Waals surface area contributed by atoms with Crippen molar-refractivity contribution in [3.05, 3.63) is 29.3 Å². The van der Waals surface area contributed by atoms with Crippen molar-refractivity contribution in [3.8, 4) is 5.75 Å². The molecule has 138 valence electrons. The number of carbonyl (C=O) groups is 1. The van der Waals surface area contributed by atoms with Crippen LogP contribution in [0, 0.1) is 13.8 Å². The molecule has 1 aromatic rings. The van der Waals surface area contributed by atoms with E-state index in [1.54, 1.807) is 4.90 Å². The van der Waals surface area contributed by atoms with Crippen LogP contribution in [0.15, 0.2) is 18.2 Å². The van der Waals surface area contributed by atoms with Gasteiger partial charge in [-0.2, -0.15) is 0 Å². The lowest BCUT2D eigenvalue weighted by Crippen LogP contribution is -2.49. The Morgan fingerprint density at radius 3 is 2.36 bits per heavy atom. The molecule has 1 atom stereocenters. The Morgan fingerprint density at radius 1 is 1.16 bits per heavy atom. The third-order valence-corrected chi connectivity index (χ3v) is 6.75. The monoisotopic (exact) mass is 366 g/mol. The number of aryl methyl sites for hydroxylation is 2. The molecule has 1 unspecified atom stereocenters. The molecule has 6 nitrogen and oxygen atoms in total. The van der Waals surface area contributed by atoms with Crippen molar-refractivity contribution in [2.75, 3.05) is 24.6 Å². The van der Waals surface area contributed by atoms with Gasteiger partial charge in [-0.05, 0) is 31.4 Å². The van der Waals surface area contributed by atoms with E-state index in [-0.39, 0.29) is 29.7 Å². The van der Waals surface area contributed by atoms with E-state index in [0.29, 0.717) is 19.5 Å². The van der Waals surface area contributed by atoms with Gasteiger partial charge in [0.2, 0.25) is 0 Å². The van der Waals surface area contributed by atoms with Crippen molar-refractivity contribution in [2.24, 2.45) is 0 Å². The molecule has 2 aliphatic heterocycles. The Hall–Kier alpha value is -1.76. The number of likely N-dealkylation sites (tertiary alicyclic amines) is 1. The van der Waals surface area contributed by atoms with Crippen LogP contribution in [0.2, 0.25) is 0 Å². The van der Waals surface area contributed by atoms with Gasteiger partial charge in [0.1, 0.15) is 11.9 Å². The quantitative estimate of drug-likeness (QED) is 0.888. The van der Waals surface area contributed by atoms with Crippen molar-refractivity contribution < 1.29 is 17.9 Å². The lowest BCUT2D eigenvalue weighted by molar-refractivity contribution is 0.109. The van der Waals surface area contributed by atoms with Crippen LogP contribution in [0.3, 0.4) is 0 Å². The number of nitrogens with one attached hydrogen (secondary N) is 1. The Balaban J connectivity index is 1.49. The van der Waals surface area contributed by atoms with E-state index >= 15 is 0 Å². The minimum absolute atomic E-state index is 0.0604. The normalized spacial score (nSPS) is 23.4. The van der Waals surface area contributed by atoms with E-state index in [1.165, 1.54) is 0 Å². The third-order valence-electron chi connectivity index (χ3n) is 4.98. The number of ether oxygens (including phenoxy) is 1. The maximum atomic E-state index is 12.3. The van der Waals surface area contributed by atoms with Crippen LogP contribution >= 0.6 is 0 Å². The van der Waals surface area contributed by atoms with Crippen molar-refractivity contribution in [2.45, 2.75) is 45.3 Å². The summed E-state index contributed by atoms with van der Waals surface area (Å²) >= 11 is 0. The zero-order valence-electron chi connectivity index (χ0n) is 14.8. The van der Waals surface area contributed by atoms with Gasteiger partial charge in [0.15, 0.2) is 9.84 Å². The van der Waals surface area contributed by atoms with Gasteiger partial charge in [-0.3, -0.25) is 0 Å². The van der Waals surface area contributed by atoms with Crippen LogP contribution in [0.4, 0.5) is 4.79 Å². The first-order valence-corrected chi connectivity index (χ1v) is 10.6. The number of hydrogen-bond acceptors (Lipinski definition) is 4. The van der Waals surface area contributed by atoms with Crippen molar-refractivity contribution >= 4 is 15.9 Å². The fourth-order valence-corrected chi connectivity index (χ4v) is 5.18. The number of piperidine rings is 1. The average molecular weight is 366 g/mol. The summed E-state index contributed by atoms with van der Waals surface area (Å²) in [6.07, 6.45) is 2.19. The first-order valence-electron chi connectivity index (χ1n) is 8.83. The minimum atomic E-state index is -2.98. The summed E-state index contributed by atoms with van der Waals surface area (Å²) in [5.41, 5.74) is 2.25. The highest BCUT2D eigenvalue weighted by atomic mass is 32.2. The minimum Gasteiger partial charge on any atom is -0.490 e. The molecule has 0 saturated carbocycles. The number of carbonyl (C=O) groups excluding carboxylic acids is 1. The molecule has 0 bridgehead atoms. The molecule has 1 N–H and O–H groups in total. The second-order valence-electron chi connectivity index (χ2n) is 7.07. The number of amides is 2. The van der Waals surface area contributed by atoms with Gasteiger partial charge in [0.05, 0.1) is 11.5 Å². The highest BCUT2D eigenvalue weighted by Gasteiger charge is 2.31. The van der Waals surface area contributed by atoms with E-state index < -0.39 is 9.84 Å². The Kier molecular flexibility index (Phi) is 5.22. The molecule has 2 saturated heterocycles. The first kappa shape index (κ1) is 18.0. The van der Waals surface area contributed by atoms with Crippen LogP contribution in [-0.2, 0) is 9.84 Å². The highest BCUT2D eigenvalue weighted by Crippen LogP contribution is 2.26. The molecule has 2 fully saturated rings. The SMILES string of the molecule is Cc1cccc(C)c1OC1CCN(C(=O)NC2CCS(=O)(=O)C2)CC1. The molecule has 0 aliphatic carbocycles. The van der Waals surface area contributed by atoms with Crippen molar-refractivity contribution in [1.82, 2.24) is 10.2 Å². The number of hydrogen-bond donors (Lipinski definition) is 1. The van der Waals surface area contributed by atoms with Crippen LogP contribution in [0.25, 0.3) is 0 Å². The summed E-state index contributed by atoms with van der Waals surface area (Å²) < 4.78 is 29.1. The smallest absolute Gasteiger partial charge is 0.317 e. The summed E-state index contributed by atoms with van der Waals surface area (Å²) in [5, 5.41) is 2.85. The standard InChI is InChI=1S/C18H26N2O4S/c1-13-4-3-5-14(2)17(13)24-16-6-9-20(10-7-16)18(21)19-15-8-11-25(22,23)12-15/h3-5,15-16H,6-12H2,1-2H3,(H,19,21). The second kappa shape index (κ2) is 7.23. The number of benzene rings is 1. The first-order chi connectivity index (χ1) is 11.8. The van der Waals surface area contributed by atoms with Crippen LogP contribution in [0.1, 0.15) is 30.4 Å². The fourth-order valence-electron chi connectivity index (χ4n) is 3.50. The number of urea groups is 1. The molecule has 0 aromatic heterocycles. The van der Waals surface area contributed by atoms with Crippen molar-refractivity contribution in [1.29, 1.82) is 0 Å². The maximum Gasteiger partial charge on any atom is 0.317 e. The third kappa shape index (κ3) is 4.45. The predicted molar refractivity (Wildman–Crippen MR) is 96.7 cm³/mol. The molecule has 0 spiro atoms. The van der Waals surface area contributed by atoms with Crippen molar-refractivity contribution in [3.63, 3.8) is 0 Å². The average Bonchev–Trinajstić information content (AvgIpc) is 2.90. The molecular weight excluding hydrogens is 340 g/mol. The Labute approximate surface area is 149 Å². The van der Waals surface area contributed by atoms with Crippen LogP contribution in [0.5, 0.6) is 5.75 Å². The summed E-state index contributed by atoms with van der Waals surface area (Å²) in [4.78, 5) is 14.1. The molecule has 7 heteroatoms. The van der Waals surface area contributed by atoms with E-state index in [4.69, 9.17) is 4.74 Å².